The Hall–Kier alpha value is -2.10. The van der Waals surface area contributed by atoms with Gasteiger partial charge in [0.05, 0.1) is 5.52 Å². The molecule has 2 aromatic rings. The molecule has 136 valence electrons. The number of unbranched alkanes of at least 4 members (excludes halogenated alkanes) is 6. The van der Waals surface area contributed by atoms with Gasteiger partial charge in [-0.25, -0.2) is 0 Å². The molecular weight excluding hydrogens is 314 g/mol. The molecule has 0 aliphatic heterocycles. The molecular formula is C21H29NO3. The molecule has 0 saturated carbocycles. The number of hydrogen-bond acceptors (Lipinski definition) is 3. The first-order valence-corrected chi connectivity index (χ1v) is 9.38. The van der Waals surface area contributed by atoms with E-state index in [4.69, 9.17) is 4.74 Å². The number of hydrogen-bond donors (Lipinski definition) is 0. The molecule has 0 atom stereocenters. The minimum atomic E-state index is -0.315. The van der Waals surface area contributed by atoms with E-state index in [1.165, 1.54) is 39.0 Å². The van der Waals surface area contributed by atoms with Crippen LogP contribution in [0.4, 0.5) is 0 Å². The van der Waals surface area contributed by atoms with Crippen LogP contribution in [-0.4, -0.2) is 10.5 Å². The summed E-state index contributed by atoms with van der Waals surface area (Å²) in [6, 6.07) is 9.19. The van der Waals surface area contributed by atoms with Gasteiger partial charge in [-0.3, -0.25) is 9.59 Å². The maximum atomic E-state index is 12.4. The lowest BCUT2D eigenvalue weighted by atomic mass is 10.1. The van der Waals surface area contributed by atoms with Crippen LogP contribution in [0.1, 0.15) is 64.5 Å². The lowest BCUT2D eigenvalue weighted by Crippen LogP contribution is -2.17. The summed E-state index contributed by atoms with van der Waals surface area (Å²) >= 11 is 0. The van der Waals surface area contributed by atoms with Crippen molar-refractivity contribution in [1.29, 1.82) is 0 Å². The number of fused-ring (bicyclic) bond motifs is 1. The summed E-state index contributed by atoms with van der Waals surface area (Å²) < 4.78 is 7.16. The Bertz CT molecular complexity index is 748. The highest BCUT2D eigenvalue weighted by molar-refractivity contribution is 5.79. The van der Waals surface area contributed by atoms with Crippen molar-refractivity contribution in [3.05, 3.63) is 46.2 Å². The topological polar surface area (TPSA) is 48.3 Å². The van der Waals surface area contributed by atoms with Crippen molar-refractivity contribution in [2.75, 3.05) is 0 Å². The van der Waals surface area contributed by atoms with Crippen molar-refractivity contribution in [2.45, 2.75) is 71.9 Å². The van der Waals surface area contributed by atoms with Crippen LogP contribution in [0.25, 0.3) is 10.9 Å². The minimum Gasteiger partial charge on any atom is -0.444 e. The average molecular weight is 343 g/mol. The summed E-state index contributed by atoms with van der Waals surface area (Å²) in [6.07, 6.45) is 9.45. The summed E-state index contributed by atoms with van der Waals surface area (Å²) in [7, 11) is 0. The van der Waals surface area contributed by atoms with Gasteiger partial charge in [0, 0.05) is 24.1 Å². The molecule has 1 aromatic carbocycles. The van der Waals surface area contributed by atoms with E-state index in [-0.39, 0.29) is 18.1 Å². The summed E-state index contributed by atoms with van der Waals surface area (Å²) in [6.45, 7) is 3.78. The molecule has 0 aliphatic rings. The summed E-state index contributed by atoms with van der Waals surface area (Å²) in [5.74, 6) is -0.315. The van der Waals surface area contributed by atoms with Crippen molar-refractivity contribution in [1.82, 2.24) is 4.57 Å². The molecule has 0 fully saturated rings. The highest BCUT2D eigenvalue weighted by Gasteiger charge is 2.09. The van der Waals surface area contributed by atoms with Crippen LogP contribution in [0.3, 0.4) is 0 Å². The van der Waals surface area contributed by atoms with Crippen molar-refractivity contribution >= 4 is 16.9 Å². The van der Waals surface area contributed by atoms with Gasteiger partial charge in [0.2, 0.25) is 0 Å². The number of aryl methyl sites for hydroxylation is 1. The van der Waals surface area contributed by atoms with Crippen molar-refractivity contribution in [3.63, 3.8) is 0 Å². The molecule has 4 heteroatoms. The van der Waals surface area contributed by atoms with Crippen molar-refractivity contribution in [2.24, 2.45) is 0 Å². The number of rotatable bonds is 10. The molecule has 4 nitrogen and oxygen atoms in total. The van der Waals surface area contributed by atoms with Gasteiger partial charge < -0.3 is 9.30 Å². The Morgan fingerprint density at radius 2 is 1.72 bits per heavy atom. The third kappa shape index (κ3) is 5.73. The van der Waals surface area contributed by atoms with Gasteiger partial charge in [0.25, 0.3) is 0 Å². The van der Waals surface area contributed by atoms with Crippen LogP contribution < -0.4 is 5.43 Å². The van der Waals surface area contributed by atoms with Crippen LogP contribution in [0.15, 0.2) is 35.1 Å². The second-order valence-electron chi connectivity index (χ2n) is 6.58. The number of esters is 1. The van der Waals surface area contributed by atoms with E-state index in [0.717, 1.165) is 30.5 Å². The SMILES string of the molecule is CCCCCCCCCc1cc(=O)c2ccccc2n1COC(C)=O. The van der Waals surface area contributed by atoms with E-state index < -0.39 is 0 Å². The molecule has 0 amide bonds. The maximum absolute atomic E-state index is 12.4. The zero-order chi connectivity index (χ0) is 18.1. The van der Waals surface area contributed by atoms with E-state index in [9.17, 15) is 9.59 Å². The lowest BCUT2D eigenvalue weighted by Gasteiger charge is -2.16. The molecule has 25 heavy (non-hydrogen) atoms. The number of benzene rings is 1. The Labute approximate surface area is 149 Å². The fraction of sp³-hybridized carbons (Fsp3) is 0.524. The molecule has 0 radical (unpaired) electrons. The standard InChI is InChI=1S/C21H29NO3/c1-3-4-5-6-7-8-9-12-18-15-21(24)19-13-10-11-14-20(19)22(18)16-25-17(2)23/h10-11,13-15H,3-9,12,16H2,1-2H3. The van der Waals surface area contributed by atoms with Crippen LogP contribution in [0.2, 0.25) is 0 Å². The van der Waals surface area contributed by atoms with Gasteiger partial charge in [-0.1, -0.05) is 57.6 Å². The lowest BCUT2D eigenvalue weighted by molar-refractivity contribution is -0.144. The molecule has 1 heterocycles. The molecule has 2 rings (SSSR count). The zero-order valence-corrected chi connectivity index (χ0v) is 15.4. The number of carbonyl (C=O) groups excluding carboxylic acids is 1. The summed E-state index contributed by atoms with van der Waals surface area (Å²) in [5, 5.41) is 0.665. The number of nitrogens with zero attached hydrogens (tertiary/aromatic N) is 1. The summed E-state index contributed by atoms with van der Waals surface area (Å²) in [5.41, 5.74) is 1.81. The fourth-order valence-electron chi connectivity index (χ4n) is 3.16. The molecule has 0 aliphatic carbocycles. The van der Waals surface area contributed by atoms with E-state index in [1.807, 2.05) is 28.8 Å². The van der Waals surface area contributed by atoms with Gasteiger partial charge in [-0.05, 0) is 25.0 Å². The second kappa shape index (κ2) is 10.0. The number of para-hydroxylation sites is 1. The first-order chi connectivity index (χ1) is 12.1. The van der Waals surface area contributed by atoms with Crippen LogP contribution in [-0.2, 0) is 22.7 Å². The van der Waals surface area contributed by atoms with E-state index in [0.29, 0.717) is 5.39 Å². The van der Waals surface area contributed by atoms with Crippen LogP contribution in [0.5, 0.6) is 0 Å². The molecule has 0 bridgehead atoms. The average Bonchev–Trinajstić information content (AvgIpc) is 2.60. The first kappa shape index (κ1) is 19.2. The highest BCUT2D eigenvalue weighted by atomic mass is 16.5. The fourth-order valence-corrected chi connectivity index (χ4v) is 3.16. The second-order valence-corrected chi connectivity index (χ2v) is 6.58. The van der Waals surface area contributed by atoms with Gasteiger partial charge in [-0.2, -0.15) is 0 Å². The van der Waals surface area contributed by atoms with Crippen LogP contribution in [0, 0.1) is 0 Å². The minimum absolute atomic E-state index is 0.0348. The third-order valence-corrected chi connectivity index (χ3v) is 4.54. The Morgan fingerprint density at radius 1 is 1.04 bits per heavy atom. The molecule has 0 saturated heterocycles. The monoisotopic (exact) mass is 343 g/mol. The van der Waals surface area contributed by atoms with Crippen molar-refractivity contribution in [3.8, 4) is 0 Å². The largest absolute Gasteiger partial charge is 0.444 e. The van der Waals surface area contributed by atoms with Gasteiger partial charge in [0.1, 0.15) is 0 Å². The molecule has 1 aromatic heterocycles. The number of carbonyl (C=O) groups is 1. The van der Waals surface area contributed by atoms with Crippen LogP contribution >= 0.6 is 0 Å². The van der Waals surface area contributed by atoms with Gasteiger partial charge in [0.15, 0.2) is 12.2 Å². The maximum Gasteiger partial charge on any atom is 0.304 e. The molecule has 0 N–H and O–H groups in total. The quantitative estimate of drug-likeness (QED) is 0.459. The number of ether oxygens (including phenoxy) is 1. The van der Waals surface area contributed by atoms with E-state index >= 15 is 0 Å². The highest BCUT2D eigenvalue weighted by Crippen LogP contribution is 2.16. The van der Waals surface area contributed by atoms with E-state index in [1.54, 1.807) is 6.07 Å². The summed E-state index contributed by atoms with van der Waals surface area (Å²) in [4.78, 5) is 23.6. The first-order valence-electron chi connectivity index (χ1n) is 9.38. The Balaban J connectivity index is 2.10. The predicted molar refractivity (Wildman–Crippen MR) is 102 cm³/mol. The molecule has 0 spiro atoms. The number of pyridine rings is 1. The predicted octanol–water partition coefficient (Wildman–Crippen LogP) is 4.82. The number of aromatic nitrogens is 1. The molecule has 0 unspecified atom stereocenters. The normalized spacial score (nSPS) is 11.0. The Kier molecular flexibility index (Phi) is 7.71. The van der Waals surface area contributed by atoms with Crippen molar-refractivity contribution < 1.29 is 9.53 Å². The van der Waals surface area contributed by atoms with Gasteiger partial charge >= 0.3 is 5.97 Å². The van der Waals surface area contributed by atoms with E-state index in [2.05, 4.69) is 6.92 Å². The third-order valence-electron chi connectivity index (χ3n) is 4.54. The zero-order valence-electron chi connectivity index (χ0n) is 15.4. The Morgan fingerprint density at radius 3 is 2.44 bits per heavy atom. The van der Waals surface area contributed by atoms with Gasteiger partial charge in [-0.15, -0.1) is 0 Å². The smallest absolute Gasteiger partial charge is 0.304 e.